The molecule has 2 fully saturated rings. The summed E-state index contributed by atoms with van der Waals surface area (Å²) in [5.41, 5.74) is 6.31. The Morgan fingerprint density at radius 3 is 2.75 bits per heavy atom. The summed E-state index contributed by atoms with van der Waals surface area (Å²) in [6, 6.07) is 0.448. The van der Waals surface area contributed by atoms with Gasteiger partial charge in [0.05, 0.1) is 6.10 Å². The number of ether oxygens (including phenoxy) is 2. The Balaban J connectivity index is 1.72. The maximum Gasteiger partial charge on any atom is 0.188 e. The van der Waals surface area contributed by atoms with E-state index >= 15 is 0 Å². The van der Waals surface area contributed by atoms with Crippen LogP contribution in [0.1, 0.15) is 46.0 Å². The third-order valence-corrected chi connectivity index (χ3v) is 4.69. The maximum atomic E-state index is 5.98. The molecular formula is C15H29N3O2. The zero-order valence-electron chi connectivity index (χ0n) is 12.9. The number of hydrogen-bond acceptors (Lipinski definition) is 3. The van der Waals surface area contributed by atoms with Crippen LogP contribution in [0.2, 0.25) is 0 Å². The van der Waals surface area contributed by atoms with Gasteiger partial charge in [-0.25, -0.2) is 0 Å². The monoisotopic (exact) mass is 283 g/mol. The van der Waals surface area contributed by atoms with Gasteiger partial charge in [0.1, 0.15) is 0 Å². The SMILES string of the molecule is CCOCCCN=C(N)NC1CC(OCC)C12CCC2. The van der Waals surface area contributed by atoms with Crippen LogP contribution in [0.15, 0.2) is 4.99 Å². The highest BCUT2D eigenvalue weighted by atomic mass is 16.5. The Labute approximate surface area is 122 Å². The summed E-state index contributed by atoms with van der Waals surface area (Å²) in [6.45, 7) is 7.13. The summed E-state index contributed by atoms with van der Waals surface area (Å²) in [6.07, 6.45) is 6.23. The molecule has 5 nitrogen and oxygen atoms in total. The molecular weight excluding hydrogens is 254 g/mol. The van der Waals surface area contributed by atoms with Gasteiger partial charge in [-0.15, -0.1) is 0 Å². The molecule has 0 aromatic rings. The predicted molar refractivity (Wildman–Crippen MR) is 80.8 cm³/mol. The first kappa shape index (κ1) is 15.6. The molecule has 0 aromatic carbocycles. The van der Waals surface area contributed by atoms with E-state index in [4.69, 9.17) is 15.2 Å². The molecule has 0 radical (unpaired) electrons. The zero-order valence-corrected chi connectivity index (χ0v) is 12.9. The first-order valence-electron chi connectivity index (χ1n) is 7.98. The number of rotatable bonds is 8. The van der Waals surface area contributed by atoms with Crippen molar-refractivity contribution in [1.29, 1.82) is 0 Å². The van der Waals surface area contributed by atoms with Crippen molar-refractivity contribution in [3.05, 3.63) is 0 Å². The summed E-state index contributed by atoms with van der Waals surface area (Å²) in [5.74, 6) is 0.577. The quantitative estimate of drug-likeness (QED) is 0.404. The van der Waals surface area contributed by atoms with Gasteiger partial charge < -0.3 is 20.5 Å². The van der Waals surface area contributed by atoms with E-state index in [0.717, 1.165) is 39.2 Å². The van der Waals surface area contributed by atoms with Gasteiger partial charge in [-0.05, 0) is 39.5 Å². The molecule has 20 heavy (non-hydrogen) atoms. The summed E-state index contributed by atoms with van der Waals surface area (Å²) >= 11 is 0. The van der Waals surface area contributed by atoms with Crippen LogP contribution in [0.25, 0.3) is 0 Å². The van der Waals surface area contributed by atoms with Crippen molar-refractivity contribution in [3.8, 4) is 0 Å². The molecule has 116 valence electrons. The van der Waals surface area contributed by atoms with Crippen molar-refractivity contribution in [2.75, 3.05) is 26.4 Å². The fourth-order valence-corrected chi connectivity index (χ4v) is 3.38. The predicted octanol–water partition coefficient (Wildman–Crippen LogP) is 1.66. The molecule has 0 aromatic heterocycles. The van der Waals surface area contributed by atoms with Crippen LogP contribution in [-0.2, 0) is 9.47 Å². The number of aliphatic imine (C=N–C) groups is 1. The molecule has 0 amide bonds. The molecule has 0 heterocycles. The van der Waals surface area contributed by atoms with E-state index in [9.17, 15) is 0 Å². The third-order valence-electron chi connectivity index (χ3n) is 4.69. The molecule has 1 spiro atoms. The van der Waals surface area contributed by atoms with E-state index in [1.165, 1.54) is 19.3 Å². The van der Waals surface area contributed by atoms with E-state index in [-0.39, 0.29) is 0 Å². The largest absolute Gasteiger partial charge is 0.382 e. The molecule has 2 atom stereocenters. The third kappa shape index (κ3) is 3.26. The minimum Gasteiger partial charge on any atom is -0.382 e. The smallest absolute Gasteiger partial charge is 0.188 e. The van der Waals surface area contributed by atoms with Gasteiger partial charge in [-0.3, -0.25) is 4.99 Å². The van der Waals surface area contributed by atoms with Crippen molar-refractivity contribution in [1.82, 2.24) is 5.32 Å². The van der Waals surface area contributed by atoms with Crippen LogP contribution in [0.5, 0.6) is 0 Å². The zero-order chi connectivity index (χ0) is 14.4. The minimum absolute atomic E-state index is 0.335. The van der Waals surface area contributed by atoms with Gasteiger partial charge in [-0.2, -0.15) is 0 Å². The molecule has 3 N–H and O–H groups in total. The summed E-state index contributed by atoms with van der Waals surface area (Å²) in [5, 5.41) is 3.40. The van der Waals surface area contributed by atoms with E-state index in [1.54, 1.807) is 0 Å². The molecule has 0 aliphatic heterocycles. The molecule has 2 saturated carbocycles. The first-order chi connectivity index (χ1) is 9.73. The number of nitrogens with one attached hydrogen (secondary N) is 1. The molecule has 2 rings (SSSR count). The second-order valence-electron chi connectivity index (χ2n) is 5.78. The standard InChI is InChI=1S/C15H29N3O2/c1-3-19-10-6-9-17-14(16)18-12-11-13(20-4-2)15(12)7-5-8-15/h12-13H,3-11H2,1-2H3,(H3,16,17,18). The Bertz CT molecular complexity index is 329. The number of nitrogens with two attached hydrogens (primary N) is 1. The maximum absolute atomic E-state index is 5.98. The lowest BCUT2D eigenvalue weighted by Crippen LogP contribution is -2.68. The molecule has 2 aliphatic rings. The van der Waals surface area contributed by atoms with Crippen LogP contribution in [0, 0.1) is 5.41 Å². The van der Waals surface area contributed by atoms with Gasteiger partial charge in [-0.1, -0.05) is 6.42 Å². The van der Waals surface area contributed by atoms with Crippen LogP contribution in [0.3, 0.4) is 0 Å². The minimum atomic E-state index is 0.335. The van der Waals surface area contributed by atoms with Crippen LogP contribution >= 0.6 is 0 Å². The van der Waals surface area contributed by atoms with Crippen LogP contribution in [0.4, 0.5) is 0 Å². The van der Waals surface area contributed by atoms with E-state index in [0.29, 0.717) is 23.5 Å². The Hall–Kier alpha value is -0.810. The van der Waals surface area contributed by atoms with Crippen molar-refractivity contribution >= 4 is 5.96 Å². The van der Waals surface area contributed by atoms with Crippen molar-refractivity contribution < 1.29 is 9.47 Å². The number of hydrogen-bond donors (Lipinski definition) is 2. The van der Waals surface area contributed by atoms with Crippen molar-refractivity contribution in [3.63, 3.8) is 0 Å². The highest BCUT2D eigenvalue weighted by Crippen LogP contribution is 2.57. The molecule has 2 aliphatic carbocycles. The molecule has 0 bridgehead atoms. The van der Waals surface area contributed by atoms with Gasteiger partial charge in [0, 0.05) is 37.8 Å². The Morgan fingerprint density at radius 1 is 1.35 bits per heavy atom. The average molecular weight is 283 g/mol. The van der Waals surface area contributed by atoms with Gasteiger partial charge >= 0.3 is 0 Å². The Kier molecular flexibility index (Phi) is 5.66. The molecule has 2 unspecified atom stereocenters. The lowest BCUT2D eigenvalue weighted by molar-refractivity contribution is -0.168. The van der Waals surface area contributed by atoms with Gasteiger partial charge in [0.25, 0.3) is 0 Å². The van der Waals surface area contributed by atoms with Gasteiger partial charge in [0.2, 0.25) is 0 Å². The van der Waals surface area contributed by atoms with E-state index in [2.05, 4.69) is 17.2 Å². The number of guanidine groups is 1. The number of nitrogens with zero attached hydrogens (tertiary/aromatic N) is 1. The van der Waals surface area contributed by atoms with E-state index in [1.807, 2.05) is 6.92 Å². The fourth-order valence-electron chi connectivity index (χ4n) is 3.38. The summed E-state index contributed by atoms with van der Waals surface area (Å²) < 4.78 is 11.1. The topological polar surface area (TPSA) is 68.9 Å². The molecule has 0 saturated heterocycles. The fraction of sp³-hybridized carbons (Fsp3) is 0.933. The van der Waals surface area contributed by atoms with E-state index < -0.39 is 0 Å². The first-order valence-corrected chi connectivity index (χ1v) is 7.98. The average Bonchev–Trinajstić information content (AvgIpc) is 2.35. The second kappa shape index (κ2) is 7.27. The van der Waals surface area contributed by atoms with Gasteiger partial charge in [0.15, 0.2) is 5.96 Å². The second-order valence-corrected chi connectivity index (χ2v) is 5.78. The Morgan fingerprint density at radius 2 is 2.15 bits per heavy atom. The lowest BCUT2D eigenvalue weighted by Gasteiger charge is -2.61. The lowest BCUT2D eigenvalue weighted by atomic mass is 9.51. The van der Waals surface area contributed by atoms with Crippen LogP contribution in [-0.4, -0.2) is 44.5 Å². The summed E-state index contributed by atoms with van der Waals surface area (Å²) in [7, 11) is 0. The summed E-state index contributed by atoms with van der Waals surface area (Å²) in [4.78, 5) is 4.38. The highest BCUT2D eigenvalue weighted by molar-refractivity contribution is 5.78. The van der Waals surface area contributed by atoms with Crippen LogP contribution < -0.4 is 11.1 Å². The van der Waals surface area contributed by atoms with Crippen molar-refractivity contribution in [2.45, 2.75) is 58.1 Å². The normalized spacial score (nSPS) is 28.0. The molecule has 5 heteroatoms. The highest BCUT2D eigenvalue weighted by Gasteiger charge is 2.59. The van der Waals surface area contributed by atoms with Crippen molar-refractivity contribution in [2.24, 2.45) is 16.1 Å².